The molecular formula is C16H18N2O2. The van der Waals surface area contributed by atoms with Crippen molar-refractivity contribution in [2.45, 2.75) is 19.9 Å². The number of ether oxygens (including phenoxy) is 1. The lowest BCUT2D eigenvalue weighted by molar-refractivity contribution is 0.0954. The average Bonchev–Trinajstić information content (AvgIpc) is 2.46. The Balaban J connectivity index is 2.43. The maximum Gasteiger partial charge on any atom is 0.263 e. The van der Waals surface area contributed by atoms with Gasteiger partial charge in [0.15, 0.2) is 0 Å². The highest BCUT2D eigenvalue weighted by Gasteiger charge is 2.08. The maximum atomic E-state index is 12.5. The highest BCUT2D eigenvalue weighted by atomic mass is 16.5. The average molecular weight is 270 g/mol. The van der Waals surface area contributed by atoms with Gasteiger partial charge in [0.1, 0.15) is 11.2 Å². The van der Waals surface area contributed by atoms with Crippen LogP contribution in [-0.2, 0) is 0 Å². The molecule has 4 heteroatoms. The molecular weight excluding hydrogens is 252 g/mol. The summed E-state index contributed by atoms with van der Waals surface area (Å²) < 4.78 is 6.65. The number of carbonyl (C=O) groups is 1. The van der Waals surface area contributed by atoms with Crippen LogP contribution in [0.3, 0.4) is 0 Å². The number of hydrogen-bond acceptors (Lipinski definition) is 3. The van der Waals surface area contributed by atoms with Crippen LogP contribution in [0.2, 0.25) is 0 Å². The van der Waals surface area contributed by atoms with E-state index in [9.17, 15) is 4.79 Å². The molecule has 20 heavy (non-hydrogen) atoms. The lowest BCUT2D eigenvalue weighted by atomic mass is 10.2. The molecule has 0 aliphatic carbocycles. The zero-order chi connectivity index (χ0) is 14.5. The number of nitrogens with zero attached hydrogens (tertiary/aromatic N) is 2. The highest BCUT2D eigenvalue weighted by Crippen LogP contribution is 2.11. The van der Waals surface area contributed by atoms with Crippen LogP contribution in [0.15, 0.2) is 53.7 Å². The monoisotopic (exact) mass is 270 g/mol. The SMILES string of the molecule is COc1ccc(C(=O)n2ccccc2=NC(C)C)cc1. The number of rotatable bonds is 3. The molecule has 2 rings (SSSR count). The third-order valence-corrected chi connectivity index (χ3v) is 2.78. The number of methoxy groups -OCH3 is 1. The van der Waals surface area contributed by atoms with E-state index in [1.54, 1.807) is 42.1 Å². The van der Waals surface area contributed by atoms with Crippen LogP contribution in [0.4, 0.5) is 0 Å². The fraction of sp³-hybridized carbons (Fsp3) is 0.250. The standard InChI is InChI=1S/C16H18N2O2/c1-12(2)17-15-6-4-5-11-18(15)16(19)13-7-9-14(20-3)10-8-13/h4-12H,1-3H3. The van der Waals surface area contributed by atoms with Gasteiger partial charge in [0.2, 0.25) is 0 Å². The van der Waals surface area contributed by atoms with Crippen molar-refractivity contribution in [2.24, 2.45) is 4.99 Å². The van der Waals surface area contributed by atoms with Crippen LogP contribution >= 0.6 is 0 Å². The molecule has 0 aliphatic rings. The van der Waals surface area contributed by atoms with Gasteiger partial charge in [0.05, 0.1) is 7.11 Å². The summed E-state index contributed by atoms with van der Waals surface area (Å²) in [6.45, 7) is 3.96. The molecule has 0 saturated carbocycles. The zero-order valence-corrected chi connectivity index (χ0v) is 11.9. The van der Waals surface area contributed by atoms with Crippen molar-refractivity contribution < 1.29 is 9.53 Å². The number of hydrogen-bond donors (Lipinski definition) is 0. The zero-order valence-electron chi connectivity index (χ0n) is 11.9. The summed E-state index contributed by atoms with van der Waals surface area (Å²) in [6.07, 6.45) is 1.73. The van der Waals surface area contributed by atoms with E-state index in [1.165, 1.54) is 0 Å². The summed E-state index contributed by atoms with van der Waals surface area (Å²) in [6, 6.07) is 12.7. The fourth-order valence-electron chi connectivity index (χ4n) is 1.85. The van der Waals surface area contributed by atoms with Crippen LogP contribution in [0, 0.1) is 0 Å². The molecule has 1 aromatic carbocycles. The van der Waals surface area contributed by atoms with Gasteiger partial charge < -0.3 is 4.74 Å². The Hall–Kier alpha value is -2.36. The second kappa shape index (κ2) is 6.19. The molecule has 0 N–H and O–H groups in total. The molecule has 0 bridgehead atoms. The van der Waals surface area contributed by atoms with Gasteiger partial charge in [0, 0.05) is 17.8 Å². The minimum atomic E-state index is -0.104. The molecule has 4 nitrogen and oxygen atoms in total. The molecule has 104 valence electrons. The predicted molar refractivity (Wildman–Crippen MR) is 77.9 cm³/mol. The minimum absolute atomic E-state index is 0.104. The first-order valence-electron chi connectivity index (χ1n) is 6.52. The van der Waals surface area contributed by atoms with Crippen molar-refractivity contribution >= 4 is 5.91 Å². The number of benzene rings is 1. The molecule has 0 spiro atoms. The molecule has 0 radical (unpaired) electrons. The Bertz CT molecular complexity index is 655. The van der Waals surface area contributed by atoms with E-state index in [1.807, 2.05) is 32.0 Å². The van der Waals surface area contributed by atoms with E-state index in [2.05, 4.69) is 4.99 Å². The van der Waals surface area contributed by atoms with Gasteiger partial charge in [-0.2, -0.15) is 0 Å². The molecule has 0 unspecified atom stereocenters. The summed E-state index contributed by atoms with van der Waals surface area (Å²) in [4.78, 5) is 17.0. The Labute approximate surface area is 118 Å². The van der Waals surface area contributed by atoms with Crippen molar-refractivity contribution in [2.75, 3.05) is 7.11 Å². The quantitative estimate of drug-likeness (QED) is 0.860. The first-order valence-corrected chi connectivity index (χ1v) is 6.52. The second-order valence-electron chi connectivity index (χ2n) is 4.69. The largest absolute Gasteiger partial charge is 0.497 e. The van der Waals surface area contributed by atoms with Gasteiger partial charge >= 0.3 is 0 Å². The van der Waals surface area contributed by atoms with E-state index in [4.69, 9.17) is 4.74 Å². The first kappa shape index (κ1) is 14.1. The normalized spacial score (nSPS) is 11.7. The van der Waals surface area contributed by atoms with Crippen LogP contribution < -0.4 is 10.2 Å². The Kier molecular flexibility index (Phi) is 4.35. The molecule has 0 saturated heterocycles. The summed E-state index contributed by atoms with van der Waals surface area (Å²) >= 11 is 0. The molecule has 0 aliphatic heterocycles. The second-order valence-corrected chi connectivity index (χ2v) is 4.69. The van der Waals surface area contributed by atoms with Crippen LogP contribution in [-0.4, -0.2) is 23.6 Å². The molecule has 1 heterocycles. The van der Waals surface area contributed by atoms with Gasteiger partial charge in [-0.3, -0.25) is 14.4 Å². The van der Waals surface area contributed by atoms with Crippen LogP contribution in [0.5, 0.6) is 5.75 Å². The van der Waals surface area contributed by atoms with Crippen molar-refractivity contribution in [3.8, 4) is 5.75 Å². The first-order chi connectivity index (χ1) is 9.61. The Morgan fingerprint density at radius 3 is 2.45 bits per heavy atom. The van der Waals surface area contributed by atoms with E-state index in [-0.39, 0.29) is 11.9 Å². The van der Waals surface area contributed by atoms with Gasteiger partial charge in [0.25, 0.3) is 5.91 Å². The van der Waals surface area contributed by atoms with Gasteiger partial charge in [-0.25, -0.2) is 0 Å². The van der Waals surface area contributed by atoms with Crippen molar-refractivity contribution in [1.29, 1.82) is 0 Å². The lowest BCUT2D eigenvalue weighted by Crippen LogP contribution is -2.28. The summed E-state index contributed by atoms with van der Waals surface area (Å²) in [7, 11) is 1.60. The number of aromatic nitrogens is 1. The molecule has 1 aromatic heterocycles. The van der Waals surface area contributed by atoms with E-state index in [0.29, 0.717) is 11.1 Å². The number of carbonyl (C=O) groups excluding carboxylic acids is 1. The molecule has 0 fully saturated rings. The predicted octanol–water partition coefficient (Wildman–Crippen LogP) is 2.49. The Morgan fingerprint density at radius 1 is 1.15 bits per heavy atom. The van der Waals surface area contributed by atoms with E-state index >= 15 is 0 Å². The fourth-order valence-corrected chi connectivity index (χ4v) is 1.85. The molecule has 2 aromatic rings. The molecule has 0 atom stereocenters. The van der Waals surface area contributed by atoms with E-state index < -0.39 is 0 Å². The van der Waals surface area contributed by atoms with Crippen molar-refractivity contribution in [3.63, 3.8) is 0 Å². The Morgan fingerprint density at radius 2 is 1.85 bits per heavy atom. The van der Waals surface area contributed by atoms with E-state index in [0.717, 1.165) is 5.75 Å². The van der Waals surface area contributed by atoms with Crippen LogP contribution in [0.25, 0.3) is 0 Å². The summed E-state index contributed by atoms with van der Waals surface area (Å²) in [5.41, 5.74) is 1.26. The van der Waals surface area contributed by atoms with Gasteiger partial charge in [-0.1, -0.05) is 6.07 Å². The van der Waals surface area contributed by atoms with Crippen LogP contribution in [0.1, 0.15) is 24.2 Å². The lowest BCUT2D eigenvalue weighted by Gasteiger charge is -2.07. The smallest absolute Gasteiger partial charge is 0.263 e. The minimum Gasteiger partial charge on any atom is -0.497 e. The van der Waals surface area contributed by atoms with Gasteiger partial charge in [-0.05, 0) is 50.2 Å². The molecule has 0 amide bonds. The van der Waals surface area contributed by atoms with Crippen molar-refractivity contribution in [1.82, 2.24) is 4.57 Å². The maximum absolute atomic E-state index is 12.5. The van der Waals surface area contributed by atoms with Gasteiger partial charge in [-0.15, -0.1) is 0 Å². The number of pyridine rings is 1. The van der Waals surface area contributed by atoms with Crippen molar-refractivity contribution in [3.05, 3.63) is 59.7 Å². The third-order valence-electron chi connectivity index (χ3n) is 2.78. The topological polar surface area (TPSA) is 43.6 Å². The summed E-state index contributed by atoms with van der Waals surface area (Å²) in [5, 5.41) is 0. The summed E-state index contributed by atoms with van der Waals surface area (Å²) in [5.74, 6) is 0.624. The third kappa shape index (κ3) is 3.15. The highest BCUT2D eigenvalue weighted by molar-refractivity contribution is 5.95.